The Balaban J connectivity index is 2.48. The summed E-state index contributed by atoms with van der Waals surface area (Å²) in [7, 11) is 0. The van der Waals surface area contributed by atoms with E-state index in [9.17, 15) is 0 Å². The Morgan fingerprint density at radius 2 is 1.75 bits per heavy atom. The maximum atomic E-state index is 5.93. The Morgan fingerprint density at radius 3 is 2.17 bits per heavy atom. The lowest BCUT2D eigenvalue weighted by molar-refractivity contribution is 0.200. The largest absolute Gasteiger partial charge is 0.126 e. The zero-order valence-electron chi connectivity index (χ0n) is 8.62. The molecule has 0 aromatic rings. The number of hydrogen-bond donors (Lipinski definition) is 0. The fraction of sp³-hybridized carbons (Fsp3) is 1.00. The minimum absolute atomic E-state index is 0.334. The Morgan fingerprint density at radius 1 is 1.25 bits per heavy atom. The summed E-state index contributed by atoms with van der Waals surface area (Å²) in [5.41, 5.74) is 0.930. The van der Waals surface area contributed by atoms with E-state index in [2.05, 4.69) is 20.8 Å². The molecule has 0 unspecified atom stereocenters. The lowest BCUT2D eigenvalue weighted by Gasteiger charge is -2.33. The molecule has 0 aromatic heterocycles. The number of rotatable bonds is 3. The van der Waals surface area contributed by atoms with Crippen LogP contribution in [0.25, 0.3) is 0 Å². The van der Waals surface area contributed by atoms with Gasteiger partial charge in [0.2, 0.25) is 0 Å². The van der Waals surface area contributed by atoms with Gasteiger partial charge in [0.1, 0.15) is 0 Å². The molecule has 0 spiro atoms. The van der Waals surface area contributed by atoms with Gasteiger partial charge in [-0.05, 0) is 30.1 Å². The van der Waals surface area contributed by atoms with Crippen molar-refractivity contribution in [1.29, 1.82) is 0 Å². The van der Waals surface area contributed by atoms with E-state index in [1.807, 2.05) is 0 Å². The highest BCUT2D eigenvalue weighted by Gasteiger charge is 2.34. The summed E-state index contributed by atoms with van der Waals surface area (Å²) in [6.45, 7) is 6.99. The molecule has 0 N–H and O–H groups in total. The van der Waals surface area contributed by atoms with Gasteiger partial charge in [0, 0.05) is 5.88 Å². The van der Waals surface area contributed by atoms with Crippen LogP contribution >= 0.6 is 11.6 Å². The van der Waals surface area contributed by atoms with Crippen LogP contribution in [0.1, 0.15) is 52.9 Å². The first-order valence-corrected chi connectivity index (χ1v) is 5.57. The summed E-state index contributed by atoms with van der Waals surface area (Å²) in [6.07, 6.45) is 6.97. The van der Waals surface area contributed by atoms with Crippen molar-refractivity contribution in [3.05, 3.63) is 0 Å². The van der Waals surface area contributed by atoms with Gasteiger partial charge >= 0.3 is 0 Å². The van der Waals surface area contributed by atoms with Crippen LogP contribution in [0.2, 0.25) is 0 Å². The normalized spacial score (nSPS) is 23.0. The maximum Gasteiger partial charge on any atom is 0.0274 e. The number of halogens is 1. The summed E-state index contributed by atoms with van der Waals surface area (Å²) >= 11 is 5.93. The highest BCUT2D eigenvalue weighted by molar-refractivity contribution is 6.18. The standard InChI is InChI=1S/C11H21Cl/c1-10(2,9-12)8-11(3)6-4-5-7-11/h4-9H2,1-3H3. The molecule has 72 valence electrons. The van der Waals surface area contributed by atoms with Gasteiger partial charge in [-0.15, -0.1) is 11.6 Å². The van der Waals surface area contributed by atoms with Gasteiger partial charge in [-0.2, -0.15) is 0 Å². The SMILES string of the molecule is CC(C)(CCl)CC1(C)CCCC1. The lowest BCUT2D eigenvalue weighted by atomic mass is 9.74. The first-order valence-electron chi connectivity index (χ1n) is 5.04. The molecule has 1 aliphatic carbocycles. The summed E-state index contributed by atoms with van der Waals surface area (Å²) in [5, 5.41) is 0. The zero-order chi connectivity index (χ0) is 9.24. The second-order valence-electron chi connectivity index (χ2n) is 5.49. The highest BCUT2D eigenvalue weighted by atomic mass is 35.5. The maximum absolute atomic E-state index is 5.93. The molecule has 1 saturated carbocycles. The van der Waals surface area contributed by atoms with Crippen molar-refractivity contribution < 1.29 is 0 Å². The molecule has 1 heteroatoms. The van der Waals surface area contributed by atoms with Crippen LogP contribution in [0.3, 0.4) is 0 Å². The topological polar surface area (TPSA) is 0 Å². The van der Waals surface area contributed by atoms with E-state index < -0.39 is 0 Å². The van der Waals surface area contributed by atoms with E-state index in [1.54, 1.807) is 0 Å². The Hall–Kier alpha value is 0.290. The first-order chi connectivity index (χ1) is 5.47. The molecule has 0 heterocycles. The molecule has 0 bridgehead atoms. The van der Waals surface area contributed by atoms with Crippen molar-refractivity contribution in [2.75, 3.05) is 5.88 Å². The molecule has 1 rings (SSSR count). The molecular formula is C11H21Cl. The van der Waals surface area contributed by atoms with Gasteiger partial charge in [0.25, 0.3) is 0 Å². The fourth-order valence-electron chi connectivity index (χ4n) is 2.61. The predicted octanol–water partition coefficient (Wildman–Crippen LogP) is 4.22. The molecular weight excluding hydrogens is 168 g/mol. The fourth-order valence-corrected chi connectivity index (χ4v) is 2.70. The molecule has 0 aromatic carbocycles. The summed E-state index contributed by atoms with van der Waals surface area (Å²) < 4.78 is 0. The third kappa shape index (κ3) is 2.65. The van der Waals surface area contributed by atoms with Crippen molar-refractivity contribution in [2.24, 2.45) is 10.8 Å². The van der Waals surface area contributed by atoms with Crippen LogP contribution in [-0.4, -0.2) is 5.88 Å². The molecule has 0 aliphatic heterocycles. The van der Waals surface area contributed by atoms with Crippen LogP contribution in [0.5, 0.6) is 0 Å². The minimum Gasteiger partial charge on any atom is -0.126 e. The molecule has 0 nitrogen and oxygen atoms in total. The molecule has 1 fully saturated rings. The monoisotopic (exact) mass is 188 g/mol. The highest BCUT2D eigenvalue weighted by Crippen LogP contribution is 2.46. The number of alkyl halides is 1. The van der Waals surface area contributed by atoms with Crippen molar-refractivity contribution in [3.8, 4) is 0 Å². The lowest BCUT2D eigenvalue weighted by Crippen LogP contribution is -2.24. The molecule has 0 amide bonds. The van der Waals surface area contributed by atoms with Crippen LogP contribution in [0, 0.1) is 10.8 Å². The molecule has 0 radical (unpaired) electrons. The average Bonchev–Trinajstić information content (AvgIpc) is 2.35. The van der Waals surface area contributed by atoms with E-state index >= 15 is 0 Å². The summed E-state index contributed by atoms with van der Waals surface area (Å²) in [6, 6.07) is 0. The Labute approximate surface area is 81.7 Å². The second-order valence-corrected chi connectivity index (χ2v) is 5.76. The Kier molecular flexibility index (Phi) is 3.09. The van der Waals surface area contributed by atoms with Gasteiger partial charge in [0.05, 0.1) is 0 Å². The van der Waals surface area contributed by atoms with Crippen molar-refractivity contribution in [3.63, 3.8) is 0 Å². The van der Waals surface area contributed by atoms with Crippen LogP contribution in [0.15, 0.2) is 0 Å². The zero-order valence-corrected chi connectivity index (χ0v) is 9.38. The van der Waals surface area contributed by atoms with Gasteiger partial charge in [-0.1, -0.05) is 33.6 Å². The van der Waals surface area contributed by atoms with Gasteiger partial charge < -0.3 is 0 Å². The molecule has 1 aliphatic rings. The van der Waals surface area contributed by atoms with E-state index in [1.165, 1.54) is 32.1 Å². The third-order valence-electron chi connectivity index (χ3n) is 3.08. The van der Waals surface area contributed by atoms with Crippen LogP contribution in [-0.2, 0) is 0 Å². The summed E-state index contributed by atoms with van der Waals surface area (Å²) in [4.78, 5) is 0. The predicted molar refractivity (Wildman–Crippen MR) is 55.7 cm³/mol. The van der Waals surface area contributed by atoms with Crippen LogP contribution in [0.4, 0.5) is 0 Å². The average molecular weight is 189 g/mol. The van der Waals surface area contributed by atoms with Crippen molar-refractivity contribution in [2.45, 2.75) is 52.9 Å². The van der Waals surface area contributed by atoms with Gasteiger partial charge in [-0.25, -0.2) is 0 Å². The minimum atomic E-state index is 0.334. The third-order valence-corrected chi connectivity index (χ3v) is 3.80. The molecule has 0 atom stereocenters. The van der Waals surface area contributed by atoms with Crippen LogP contribution < -0.4 is 0 Å². The van der Waals surface area contributed by atoms with Gasteiger partial charge in [-0.3, -0.25) is 0 Å². The van der Waals surface area contributed by atoms with E-state index in [0.29, 0.717) is 10.8 Å². The van der Waals surface area contributed by atoms with E-state index in [4.69, 9.17) is 11.6 Å². The smallest absolute Gasteiger partial charge is 0.0274 e. The Bertz CT molecular complexity index is 143. The van der Waals surface area contributed by atoms with E-state index in [-0.39, 0.29) is 0 Å². The number of hydrogen-bond acceptors (Lipinski definition) is 0. The van der Waals surface area contributed by atoms with Gasteiger partial charge in [0.15, 0.2) is 0 Å². The quantitative estimate of drug-likeness (QED) is 0.582. The van der Waals surface area contributed by atoms with Crippen molar-refractivity contribution in [1.82, 2.24) is 0 Å². The molecule has 0 saturated heterocycles. The van der Waals surface area contributed by atoms with E-state index in [0.717, 1.165) is 5.88 Å². The first kappa shape index (κ1) is 10.4. The van der Waals surface area contributed by atoms with Crippen molar-refractivity contribution >= 4 is 11.6 Å². The molecule has 12 heavy (non-hydrogen) atoms. The second kappa shape index (κ2) is 3.57. The summed E-state index contributed by atoms with van der Waals surface area (Å²) in [5.74, 6) is 0.794.